The lowest BCUT2D eigenvalue weighted by Crippen LogP contribution is -1.90. The SMILES string of the molecule is Cc1noc(-c2ccncc2N)n1. The van der Waals surface area contributed by atoms with Gasteiger partial charge in [-0.15, -0.1) is 0 Å². The highest BCUT2D eigenvalue weighted by Crippen LogP contribution is 2.22. The molecule has 0 bridgehead atoms. The molecule has 5 heteroatoms. The Bertz CT molecular complexity index is 424. The predicted molar refractivity (Wildman–Crippen MR) is 46.7 cm³/mol. The lowest BCUT2D eigenvalue weighted by atomic mass is 10.2. The monoisotopic (exact) mass is 176 g/mol. The number of aromatic nitrogens is 3. The lowest BCUT2D eigenvalue weighted by molar-refractivity contribution is 0.426. The predicted octanol–water partition coefficient (Wildman–Crippen LogP) is 1.02. The fourth-order valence-electron chi connectivity index (χ4n) is 1.01. The Balaban J connectivity index is 2.52. The smallest absolute Gasteiger partial charge is 0.260 e. The van der Waals surface area contributed by atoms with E-state index in [1.54, 1.807) is 25.4 Å². The van der Waals surface area contributed by atoms with Crippen LogP contribution in [0.25, 0.3) is 11.5 Å². The topological polar surface area (TPSA) is 77.8 Å². The van der Waals surface area contributed by atoms with Crippen molar-refractivity contribution >= 4 is 5.69 Å². The average molecular weight is 176 g/mol. The molecule has 0 aliphatic carbocycles. The first kappa shape index (κ1) is 7.72. The third kappa shape index (κ3) is 1.35. The van der Waals surface area contributed by atoms with Crippen LogP contribution in [0.15, 0.2) is 23.0 Å². The molecule has 13 heavy (non-hydrogen) atoms. The summed E-state index contributed by atoms with van der Waals surface area (Å²) in [4.78, 5) is 7.92. The van der Waals surface area contributed by atoms with Crippen LogP contribution < -0.4 is 5.73 Å². The van der Waals surface area contributed by atoms with Crippen LogP contribution in [0, 0.1) is 6.92 Å². The van der Waals surface area contributed by atoms with Gasteiger partial charge in [-0.05, 0) is 13.0 Å². The van der Waals surface area contributed by atoms with Crippen molar-refractivity contribution in [3.05, 3.63) is 24.3 Å². The Kier molecular flexibility index (Phi) is 1.70. The zero-order chi connectivity index (χ0) is 9.26. The quantitative estimate of drug-likeness (QED) is 0.701. The highest BCUT2D eigenvalue weighted by molar-refractivity contribution is 5.68. The highest BCUT2D eigenvalue weighted by atomic mass is 16.5. The van der Waals surface area contributed by atoms with Crippen LogP contribution in [-0.4, -0.2) is 15.1 Å². The maximum atomic E-state index is 5.67. The van der Waals surface area contributed by atoms with E-state index in [4.69, 9.17) is 10.3 Å². The zero-order valence-electron chi connectivity index (χ0n) is 7.06. The second kappa shape index (κ2) is 2.85. The summed E-state index contributed by atoms with van der Waals surface area (Å²) in [6, 6.07) is 1.74. The van der Waals surface area contributed by atoms with Crippen molar-refractivity contribution < 1.29 is 4.52 Å². The Hall–Kier alpha value is -1.91. The molecule has 0 radical (unpaired) electrons. The molecule has 66 valence electrons. The Morgan fingerprint density at radius 1 is 1.46 bits per heavy atom. The lowest BCUT2D eigenvalue weighted by Gasteiger charge is -1.96. The normalized spacial score (nSPS) is 10.2. The van der Waals surface area contributed by atoms with E-state index in [-0.39, 0.29) is 0 Å². The van der Waals surface area contributed by atoms with Crippen molar-refractivity contribution in [1.29, 1.82) is 0 Å². The maximum Gasteiger partial charge on any atom is 0.260 e. The Morgan fingerprint density at radius 3 is 2.92 bits per heavy atom. The van der Waals surface area contributed by atoms with Crippen molar-refractivity contribution in [2.24, 2.45) is 0 Å². The van der Waals surface area contributed by atoms with Crippen LogP contribution in [0.2, 0.25) is 0 Å². The molecular formula is C8H8N4O. The van der Waals surface area contributed by atoms with Crippen molar-refractivity contribution in [2.75, 3.05) is 5.73 Å². The fraction of sp³-hybridized carbons (Fsp3) is 0.125. The van der Waals surface area contributed by atoms with Gasteiger partial charge in [0.15, 0.2) is 5.82 Å². The second-order valence-electron chi connectivity index (χ2n) is 2.61. The van der Waals surface area contributed by atoms with Crippen LogP contribution in [0.1, 0.15) is 5.82 Å². The summed E-state index contributed by atoms with van der Waals surface area (Å²) >= 11 is 0. The first-order valence-electron chi connectivity index (χ1n) is 3.77. The van der Waals surface area contributed by atoms with Gasteiger partial charge in [0.2, 0.25) is 0 Å². The minimum Gasteiger partial charge on any atom is -0.397 e. The molecule has 2 aromatic rings. The van der Waals surface area contributed by atoms with Gasteiger partial charge < -0.3 is 10.3 Å². The molecule has 2 rings (SSSR count). The van der Waals surface area contributed by atoms with Crippen molar-refractivity contribution in [1.82, 2.24) is 15.1 Å². The van der Waals surface area contributed by atoms with E-state index in [0.717, 1.165) is 5.56 Å². The zero-order valence-corrected chi connectivity index (χ0v) is 7.06. The number of pyridine rings is 1. The number of nitrogen functional groups attached to an aromatic ring is 1. The number of hydrogen-bond acceptors (Lipinski definition) is 5. The molecule has 2 aromatic heterocycles. The third-order valence-electron chi connectivity index (χ3n) is 1.61. The fourth-order valence-corrected chi connectivity index (χ4v) is 1.01. The van der Waals surface area contributed by atoms with Crippen LogP contribution in [0.3, 0.4) is 0 Å². The molecule has 0 saturated heterocycles. The molecule has 0 spiro atoms. The summed E-state index contributed by atoms with van der Waals surface area (Å²) < 4.78 is 4.96. The van der Waals surface area contributed by atoms with Gasteiger partial charge in [0.25, 0.3) is 5.89 Å². The molecule has 0 aliphatic heterocycles. The van der Waals surface area contributed by atoms with Gasteiger partial charge >= 0.3 is 0 Å². The van der Waals surface area contributed by atoms with E-state index in [1.807, 2.05) is 0 Å². The molecule has 0 amide bonds. The molecule has 0 fully saturated rings. The van der Waals surface area contributed by atoms with E-state index < -0.39 is 0 Å². The van der Waals surface area contributed by atoms with Gasteiger partial charge in [0.1, 0.15) is 0 Å². The summed E-state index contributed by atoms with van der Waals surface area (Å²) in [6.45, 7) is 1.75. The van der Waals surface area contributed by atoms with Crippen molar-refractivity contribution in [3.8, 4) is 11.5 Å². The molecule has 0 aliphatic rings. The first-order valence-corrected chi connectivity index (χ1v) is 3.77. The van der Waals surface area contributed by atoms with E-state index in [1.165, 1.54) is 0 Å². The number of hydrogen-bond donors (Lipinski definition) is 1. The highest BCUT2D eigenvalue weighted by Gasteiger charge is 2.08. The van der Waals surface area contributed by atoms with Gasteiger partial charge in [0.05, 0.1) is 17.4 Å². The summed E-state index contributed by atoms with van der Waals surface area (Å²) in [5.41, 5.74) is 6.92. The summed E-state index contributed by atoms with van der Waals surface area (Å²) in [6.07, 6.45) is 3.18. The van der Waals surface area contributed by atoms with E-state index in [0.29, 0.717) is 17.4 Å². The molecule has 2 heterocycles. The molecular weight excluding hydrogens is 168 g/mol. The van der Waals surface area contributed by atoms with E-state index >= 15 is 0 Å². The molecule has 2 N–H and O–H groups in total. The minimum absolute atomic E-state index is 0.428. The number of rotatable bonds is 1. The van der Waals surface area contributed by atoms with Gasteiger partial charge in [-0.1, -0.05) is 5.16 Å². The summed E-state index contributed by atoms with van der Waals surface area (Å²) in [5, 5.41) is 3.67. The van der Waals surface area contributed by atoms with Crippen LogP contribution in [0.5, 0.6) is 0 Å². The van der Waals surface area contributed by atoms with Gasteiger partial charge in [0, 0.05) is 6.20 Å². The number of aryl methyl sites for hydroxylation is 1. The molecule has 0 saturated carbocycles. The Labute approximate surface area is 74.6 Å². The summed E-state index contributed by atoms with van der Waals surface area (Å²) in [5.74, 6) is 1.02. The van der Waals surface area contributed by atoms with Gasteiger partial charge in [-0.3, -0.25) is 4.98 Å². The van der Waals surface area contributed by atoms with Crippen LogP contribution >= 0.6 is 0 Å². The largest absolute Gasteiger partial charge is 0.397 e. The van der Waals surface area contributed by atoms with Crippen molar-refractivity contribution in [3.63, 3.8) is 0 Å². The molecule has 0 atom stereocenters. The number of nitrogens with two attached hydrogens (primary N) is 1. The van der Waals surface area contributed by atoms with Crippen LogP contribution in [0.4, 0.5) is 5.69 Å². The molecule has 5 nitrogen and oxygen atoms in total. The molecule has 0 aromatic carbocycles. The van der Waals surface area contributed by atoms with E-state index in [2.05, 4.69) is 15.1 Å². The standard InChI is InChI=1S/C8H8N4O/c1-5-11-8(13-12-5)6-2-3-10-4-7(6)9/h2-4H,9H2,1H3. The van der Waals surface area contributed by atoms with Crippen LogP contribution in [-0.2, 0) is 0 Å². The second-order valence-corrected chi connectivity index (χ2v) is 2.61. The average Bonchev–Trinajstić information content (AvgIpc) is 2.53. The van der Waals surface area contributed by atoms with E-state index in [9.17, 15) is 0 Å². The van der Waals surface area contributed by atoms with Crippen molar-refractivity contribution in [2.45, 2.75) is 6.92 Å². The minimum atomic E-state index is 0.428. The summed E-state index contributed by atoms with van der Waals surface area (Å²) in [7, 11) is 0. The number of nitrogens with zero attached hydrogens (tertiary/aromatic N) is 3. The maximum absolute atomic E-state index is 5.67. The number of anilines is 1. The van der Waals surface area contributed by atoms with Gasteiger partial charge in [-0.2, -0.15) is 4.98 Å². The Morgan fingerprint density at radius 2 is 2.31 bits per heavy atom. The third-order valence-corrected chi connectivity index (χ3v) is 1.61. The van der Waals surface area contributed by atoms with Gasteiger partial charge in [-0.25, -0.2) is 0 Å². The first-order chi connectivity index (χ1) is 6.27. The molecule has 0 unspecified atom stereocenters.